The van der Waals surface area contributed by atoms with E-state index in [0.717, 1.165) is 29.5 Å². The maximum Gasteiger partial charge on any atom is 0.267 e. The maximum atomic E-state index is 12.7. The number of carbonyl (C=O) groups is 1. The van der Waals surface area contributed by atoms with Crippen LogP contribution in [0, 0.1) is 0 Å². The van der Waals surface area contributed by atoms with Crippen molar-refractivity contribution in [2.24, 2.45) is 0 Å². The number of amides is 1. The number of carbonyl (C=O) groups excluding carboxylic acids is 1. The number of fused-ring (bicyclic) bond motifs is 1. The Labute approximate surface area is 139 Å². The Bertz CT molecular complexity index is 669. The number of nitrogens with zero attached hydrogens (tertiary/aromatic N) is 1. The van der Waals surface area contributed by atoms with Crippen LogP contribution in [-0.2, 0) is 11.2 Å². The fourth-order valence-electron chi connectivity index (χ4n) is 2.75. The Hall–Kier alpha value is -1.81. The molecule has 1 heterocycles. The normalized spacial score (nSPS) is 15.1. The highest BCUT2D eigenvalue weighted by molar-refractivity contribution is 9.10. The van der Waals surface area contributed by atoms with Gasteiger partial charge in [0.15, 0.2) is 6.10 Å². The molecule has 0 saturated heterocycles. The predicted molar refractivity (Wildman–Crippen MR) is 91.3 cm³/mol. The van der Waals surface area contributed by atoms with Gasteiger partial charge in [-0.1, -0.05) is 34.1 Å². The molecule has 1 amide bonds. The molecule has 0 aromatic heterocycles. The van der Waals surface area contributed by atoms with E-state index in [2.05, 4.69) is 22.0 Å². The topological polar surface area (TPSA) is 29.5 Å². The minimum atomic E-state index is -0.507. The fourth-order valence-corrected chi connectivity index (χ4v) is 3.01. The predicted octanol–water partition coefficient (Wildman–Crippen LogP) is 4.20. The summed E-state index contributed by atoms with van der Waals surface area (Å²) in [5, 5.41) is 0. The van der Waals surface area contributed by atoms with Crippen LogP contribution in [-0.4, -0.2) is 18.6 Å². The molecule has 3 rings (SSSR count). The molecule has 114 valence electrons. The number of ether oxygens (including phenoxy) is 1. The molecule has 0 fully saturated rings. The Morgan fingerprint density at radius 1 is 1.18 bits per heavy atom. The van der Waals surface area contributed by atoms with Crippen molar-refractivity contribution in [2.45, 2.75) is 25.9 Å². The molecule has 22 heavy (non-hydrogen) atoms. The number of para-hydroxylation sites is 1. The number of anilines is 1. The van der Waals surface area contributed by atoms with Gasteiger partial charge in [0.05, 0.1) is 0 Å². The summed E-state index contributed by atoms with van der Waals surface area (Å²) in [4.78, 5) is 14.6. The van der Waals surface area contributed by atoms with E-state index in [0.29, 0.717) is 5.75 Å². The number of halogens is 1. The van der Waals surface area contributed by atoms with Crippen LogP contribution in [0.2, 0.25) is 0 Å². The molecule has 2 aromatic carbocycles. The first kappa shape index (κ1) is 15.1. The van der Waals surface area contributed by atoms with Gasteiger partial charge in [-0.05, 0) is 55.7 Å². The summed E-state index contributed by atoms with van der Waals surface area (Å²) < 4.78 is 6.78. The van der Waals surface area contributed by atoms with Gasteiger partial charge in [0.2, 0.25) is 0 Å². The molecule has 1 aliphatic rings. The average molecular weight is 360 g/mol. The second-order valence-corrected chi connectivity index (χ2v) is 6.35. The van der Waals surface area contributed by atoms with Crippen LogP contribution in [0.1, 0.15) is 18.9 Å². The summed E-state index contributed by atoms with van der Waals surface area (Å²) >= 11 is 3.39. The number of rotatable bonds is 3. The standard InChI is InChI=1S/C18H18BrNO2/c1-13(22-16-10-8-15(19)9-11-16)18(21)20-12-4-6-14-5-2-3-7-17(14)20/h2-3,5,7-11,13H,4,6,12H2,1H3/t13-/m1/s1. The third-order valence-corrected chi connectivity index (χ3v) is 4.38. The van der Waals surface area contributed by atoms with Crippen molar-refractivity contribution in [1.82, 2.24) is 0 Å². The molecule has 0 unspecified atom stereocenters. The van der Waals surface area contributed by atoms with Crippen LogP contribution >= 0.6 is 15.9 Å². The lowest BCUT2D eigenvalue weighted by atomic mass is 10.0. The zero-order chi connectivity index (χ0) is 15.5. The Kier molecular flexibility index (Phi) is 4.48. The fraction of sp³-hybridized carbons (Fsp3) is 0.278. The van der Waals surface area contributed by atoms with Gasteiger partial charge >= 0.3 is 0 Å². The van der Waals surface area contributed by atoms with E-state index < -0.39 is 6.10 Å². The van der Waals surface area contributed by atoms with E-state index in [1.807, 2.05) is 54.3 Å². The summed E-state index contributed by atoms with van der Waals surface area (Å²) in [6.45, 7) is 2.56. The van der Waals surface area contributed by atoms with Crippen LogP contribution in [0.5, 0.6) is 5.75 Å². The number of aryl methyl sites for hydroxylation is 1. The largest absolute Gasteiger partial charge is 0.481 e. The second kappa shape index (κ2) is 6.53. The van der Waals surface area contributed by atoms with E-state index in [4.69, 9.17) is 4.74 Å². The lowest BCUT2D eigenvalue weighted by molar-refractivity contribution is -0.124. The van der Waals surface area contributed by atoms with Crippen molar-refractivity contribution in [1.29, 1.82) is 0 Å². The molecule has 0 radical (unpaired) electrons. The quantitative estimate of drug-likeness (QED) is 0.821. The average Bonchev–Trinajstić information content (AvgIpc) is 2.55. The molecule has 2 aromatic rings. The number of hydrogen-bond donors (Lipinski definition) is 0. The lowest BCUT2D eigenvalue weighted by Gasteiger charge is -2.31. The third kappa shape index (κ3) is 3.17. The van der Waals surface area contributed by atoms with Gasteiger partial charge in [-0.3, -0.25) is 4.79 Å². The molecule has 0 spiro atoms. The maximum absolute atomic E-state index is 12.7. The molecule has 3 nitrogen and oxygen atoms in total. The van der Waals surface area contributed by atoms with E-state index in [1.54, 1.807) is 0 Å². The zero-order valence-corrected chi connectivity index (χ0v) is 14.0. The molecule has 0 N–H and O–H groups in total. The Balaban J connectivity index is 1.75. The third-order valence-electron chi connectivity index (χ3n) is 3.85. The molecule has 0 saturated carbocycles. The summed E-state index contributed by atoms with van der Waals surface area (Å²) in [6.07, 6.45) is 1.52. The van der Waals surface area contributed by atoms with Gasteiger partial charge < -0.3 is 9.64 Å². The SMILES string of the molecule is C[C@@H](Oc1ccc(Br)cc1)C(=O)N1CCCc2ccccc21. The minimum absolute atomic E-state index is 0.00932. The van der Waals surface area contributed by atoms with Crippen molar-refractivity contribution in [2.75, 3.05) is 11.4 Å². The molecule has 0 bridgehead atoms. The van der Waals surface area contributed by atoms with E-state index in [-0.39, 0.29) is 5.91 Å². The van der Waals surface area contributed by atoms with Crippen LogP contribution < -0.4 is 9.64 Å². The lowest BCUT2D eigenvalue weighted by Crippen LogP contribution is -2.43. The molecule has 1 atom stereocenters. The second-order valence-electron chi connectivity index (χ2n) is 5.44. The van der Waals surface area contributed by atoms with Gasteiger partial charge in [-0.15, -0.1) is 0 Å². The minimum Gasteiger partial charge on any atom is -0.481 e. The van der Waals surface area contributed by atoms with Gasteiger partial charge in [-0.2, -0.15) is 0 Å². The van der Waals surface area contributed by atoms with Gasteiger partial charge in [0, 0.05) is 16.7 Å². The summed E-state index contributed by atoms with van der Waals surface area (Å²) in [6, 6.07) is 15.6. The van der Waals surface area contributed by atoms with E-state index in [1.165, 1.54) is 5.56 Å². The van der Waals surface area contributed by atoms with Crippen molar-refractivity contribution < 1.29 is 9.53 Å². The molecule has 1 aliphatic heterocycles. The highest BCUT2D eigenvalue weighted by Gasteiger charge is 2.27. The molecular weight excluding hydrogens is 342 g/mol. The molecule has 0 aliphatic carbocycles. The highest BCUT2D eigenvalue weighted by atomic mass is 79.9. The summed E-state index contributed by atoms with van der Waals surface area (Å²) in [5.74, 6) is 0.712. The summed E-state index contributed by atoms with van der Waals surface area (Å²) in [7, 11) is 0. The van der Waals surface area contributed by atoms with Crippen molar-refractivity contribution >= 4 is 27.5 Å². The van der Waals surface area contributed by atoms with Crippen molar-refractivity contribution in [3.63, 3.8) is 0 Å². The van der Waals surface area contributed by atoms with Crippen LogP contribution in [0.3, 0.4) is 0 Å². The monoisotopic (exact) mass is 359 g/mol. The van der Waals surface area contributed by atoms with Crippen LogP contribution in [0.25, 0.3) is 0 Å². The van der Waals surface area contributed by atoms with Crippen molar-refractivity contribution in [3.05, 3.63) is 58.6 Å². The Morgan fingerprint density at radius 2 is 1.91 bits per heavy atom. The van der Waals surface area contributed by atoms with Gasteiger partial charge in [0.1, 0.15) is 5.75 Å². The highest BCUT2D eigenvalue weighted by Crippen LogP contribution is 2.28. The number of benzene rings is 2. The van der Waals surface area contributed by atoms with Crippen LogP contribution in [0.15, 0.2) is 53.0 Å². The Morgan fingerprint density at radius 3 is 2.68 bits per heavy atom. The van der Waals surface area contributed by atoms with E-state index in [9.17, 15) is 4.79 Å². The first-order valence-corrected chi connectivity index (χ1v) is 8.26. The van der Waals surface area contributed by atoms with Crippen LogP contribution in [0.4, 0.5) is 5.69 Å². The molecule has 4 heteroatoms. The number of hydrogen-bond acceptors (Lipinski definition) is 2. The molecular formula is C18H18BrNO2. The smallest absolute Gasteiger partial charge is 0.267 e. The van der Waals surface area contributed by atoms with E-state index >= 15 is 0 Å². The summed E-state index contributed by atoms with van der Waals surface area (Å²) in [5.41, 5.74) is 2.25. The zero-order valence-electron chi connectivity index (χ0n) is 12.5. The first-order valence-electron chi connectivity index (χ1n) is 7.46. The van der Waals surface area contributed by atoms with Gasteiger partial charge in [-0.25, -0.2) is 0 Å². The first-order chi connectivity index (χ1) is 10.6. The van der Waals surface area contributed by atoms with Gasteiger partial charge in [0.25, 0.3) is 5.91 Å². The van der Waals surface area contributed by atoms with Crippen molar-refractivity contribution in [3.8, 4) is 5.75 Å².